The summed E-state index contributed by atoms with van der Waals surface area (Å²) < 4.78 is 35.0. The number of benzene rings is 1. The van der Waals surface area contributed by atoms with Crippen molar-refractivity contribution in [1.29, 1.82) is 0 Å². The lowest BCUT2D eigenvalue weighted by Gasteiger charge is -2.21. The Morgan fingerprint density at radius 3 is 2.61 bits per heavy atom. The number of rotatable bonds is 4. The van der Waals surface area contributed by atoms with Crippen molar-refractivity contribution in [2.24, 2.45) is 0 Å². The van der Waals surface area contributed by atoms with Crippen LogP contribution in [0.4, 0.5) is 0 Å². The molecule has 2 rings (SSSR count). The first kappa shape index (κ1) is 13.0. The molecule has 98 valence electrons. The summed E-state index contributed by atoms with van der Waals surface area (Å²) in [6.45, 7) is 1.70. The van der Waals surface area contributed by atoms with E-state index in [0.717, 1.165) is 5.56 Å². The van der Waals surface area contributed by atoms with Gasteiger partial charge in [0.05, 0.1) is 0 Å². The van der Waals surface area contributed by atoms with Crippen molar-refractivity contribution in [3.63, 3.8) is 0 Å². The van der Waals surface area contributed by atoms with Crippen LogP contribution in [0.1, 0.15) is 18.9 Å². The first-order valence-corrected chi connectivity index (χ1v) is 6.71. The fourth-order valence-corrected chi connectivity index (χ4v) is 2.19. The van der Waals surface area contributed by atoms with E-state index in [0.29, 0.717) is 5.76 Å². The highest BCUT2D eigenvalue weighted by Gasteiger charge is 2.38. The molecular weight excluding hydrogens is 258 g/mol. The van der Waals surface area contributed by atoms with Crippen LogP contribution in [0.2, 0.25) is 0 Å². The van der Waals surface area contributed by atoms with Crippen LogP contribution in [0.15, 0.2) is 36.4 Å². The fraction of sp³-hybridized carbons (Fsp3) is 0.273. The first-order chi connectivity index (χ1) is 8.44. The van der Waals surface area contributed by atoms with Crippen molar-refractivity contribution in [2.75, 3.05) is 0 Å². The summed E-state index contributed by atoms with van der Waals surface area (Å²) in [5, 5.41) is 0. The highest BCUT2D eigenvalue weighted by molar-refractivity contribution is 7.80. The maximum atomic E-state index is 10.8. The third-order valence-corrected chi connectivity index (χ3v) is 3.04. The standard InChI is InChI=1S/C11H13NO5S/c1-2-11(17-18(13,14)15)8-10(16-12-11)9-6-4-3-5-7-9/h3-8,12H,2H2,1H3,(H,13,14,15). The minimum Gasteiger partial charge on any atom is -0.405 e. The molecule has 0 amide bonds. The molecule has 0 fully saturated rings. The highest BCUT2D eigenvalue weighted by atomic mass is 32.3. The predicted octanol–water partition coefficient (Wildman–Crippen LogP) is 1.49. The number of hydrogen-bond donors (Lipinski definition) is 2. The summed E-state index contributed by atoms with van der Waals surface area (Å²) in [5.41, 5.74) is 1.87. The monoisotopic (exact) mass is 271 g/mol. The second-order valence-corrected chi connectivity index (χ2v) is 4.85. The van der Waals surface area contributed by atoms with Crippen molar-refractivity contribution in [3.8, 4) is 0 Å². The van der Waals surface area contributed by atoms with Crippen LogP contribution in [-0.4, -0.2) is 18.7 Å². The predicted molar refractivity (Wildman–Crippen MR) is 64.3 cm³/mol. The summed E-state index contributed by atoms with van der Waals surface area (Å²) in [5.74, 6) is 0.445. The van der Waals surface area contributed by atoms with Gasteiger partial charge in [0.2, 0.25) is 0 Å². The van der Waals surface area contributed by atoms with E-state index in [1.807, 2.05) is 30.3 Å². The average molecular weight is 271 g/mol. The van der Waals surface area contributed by atoms with Crippen molar-refractivity contribution >= 4 is 16.2 Å². The van der Waals surface area contributed by atoms with Gasteiger partial charge in [0, 0.05) is 11.6 Å². The molecule has 7 heteroatoms. The van der Waals surface area contributed by atoms with E-state index in [1.54, 1.807) is 6.92 Å². The molecule has 1 aromatic carbocycles. The molecule has 0 bridgehead atoms. The van der Waals surface area contributed by atoms with Gasteiger partial charge in [-0.1, -0.05) is 37.3 Å². The second-order valence-electron chi connectivity index (χ2n) is 3.83. The van der Waals surface area contributed by atoms with Gasteiger partial charge in [0.15, 0.2) is 11.5 Å². The third-order valence-electron chi connectivity index (χ3n) is 2.54. The zero-order valence-electron chi connectivity index (χ0n) is 9.66. The van der Waals surface area contributed by atoms with Crippen molar-refractivity contribution < 1.29 is 22.0 Å². The summed E-state index contributed by atoms with van der Waals surface area (Å²) >= 11 is 0. The lowest BCUT2D eigenvalue weighted by Crippen LogP contribution is -2.42. The van der Waals surface area contributed by atoms with Gasteiger partial charge in [-0.25, -0.2) is 4.18 Å². The number of hydroxylamine groups is 1. The number of nitrogens with one attached hydrogen (secondary N) is 1. The maximum absolute atomic E-state index is 10.8. The van der Waals surface area contributed by atoms with Gasteiger partial charge >= 0.3 is 10.4 Å². The Bertz CT molecular complexity index is 554. The third kappa shape index (κ3) is 2.88. The molecule has 0 aliphatic carbocycles. The van der Waals surface area contributed by atoms with E-state index < -0.39 is 16.1 Å². The number of hydrogen-bond acceptors (Lipinski definition) is 5. The molecule has 0 saturated carbocycles. The maximum Gasteiger partial charge on any atom is 0.399 e. The molecule has 18 heavy (non-hydrogen) atoms. The lowest BCUT2D eigenvalue weighted by molar-refractivity contribution is -0.0178. The van der Waals surface area contributed by atoms with Crippen molar-refractivity contribution in [1.82, 2.24) is 5.48 Å². The topological polar surface area (TPSA) is 84.9 Å². The first-order valence-electron chi connectivity index (χ1n) is 5.34. The Morgan fingerprint density at radius 2 is 2.06 bits per heavy atom. The smallest absolute Gasteiger partial charge is 0.399 e. The molecule has 0 radical (unpaired) electrons. The van der Waals surface area contributed by atoms with E-state index in [9.17, 15) is 8.42 Å². The fourth-order valence-electron chi connectivity index (χ4n) is 1.62. The van der Waals surface area contributed by atoms with Crippen LogP contribution in [0.3, 0.4) is 0 Å². The normalized spacial score (nSPS) is 23.6. The molecule has 0 spiro atoms. The highest BCUT2D eigenvalue weighted by Crippen LogP contribution is 2.30. The minimum absolute atomic E-state index is 0.267. The summed E-state index contributed by atoms with van der Waals surface area (Å²) in [6, 6.07) is 9.14. The van der Waals surface area contributed by atoms with E-state index in [2.05, 4.69) is 9.66 Å². The zero-order valence-corrected chi connectivity index (χ0v) is 10.5. The van der Waals surface area contributed by atoms with Crippen LogP contribution < -0.4 is 5.48 Å². The molecule has 1 unspecified atom stereocenters. The Balaban J connectivity index is 2.30. The quantitative estimate of drug-likeness (QED) is 0.807. The van der Waals surface area contributed by atoms with Crippen LogP contribution in [0.25, 0.3) is 5.76 Å². The van der Waals surface area contributed by atoms with Gasteiger partial charge in [0.25, 0.3) is 0 Å². The van der Waals surface area contributed by atoms with Crippen molar-refractivity contribution in [2.45, 2.75) is 19.1 Å². The molecule has 2 N–H and O–H groups in total. The van der Waals surface area contributed by atoms with E-state index in [-0.39, 0.29) is 6.42 Å². The van der Waals surface area contributed by atoms with E-state index in [1.165, 1.54) is 6.08 Å². The average Bonchev–Trinajstić information content (AvgIpc) is 2.73. The Labute approximate surface area is 105 Å². The molecule has 6 nitrogen and oxygen atoms in total. The molecule has 1 heterocycles. The SMILES string of the molecule is CCC1(OS(=O)(=O)O)C=C(c2ccccc2)ON1. The van der Waals surface area contributed by atoms with Gasteiger partial charge in [-0.2, -0.15) is 8.42 Å². The van der Waals surface area contributed by atoms with E-state index in [4.69, 9.17) is 9.39 Å². The van der Waals surface area contributed by atoms with Crippen LogP contribution in [-0.2, 0) is 19.4 Å². The molecule has 1 aromatic rings. The second kappa shape index (κ2) is 4.69. The van der Waals surface area contributed by atoms with Crippen LogP contribution in [0, 0.1) is 0 Å². The summed E-state index contributed by atoms with van der Waals surface area (Å²) in [6.07, 6.45) is 1.75. The zero-order chi connectivity index (χ0) is 13.2. The molecule has 1 atom stereocenters. The van der Waals surface area contributed by atoms with Crippen molar-refractivity contribution in [3.05, 3.63) is 42.0 Å². The lowest BCUT2D eigenvalue weighted by atomic mass is 10.1. The summed E-state index contributed by atoms with van der Waals surface area (Å²) in [7, 11) is -4.57. The molecule has 0 saturated heterocycles. The van der Waals surface area contributed by atoms with E-state index >= 15 is 0 Å². The summed E-state index contributed by atoms with van der Waals surface area (Å²) in [4.78, 5) is 5.20. The van der Waals surface area contributed by atoms with Gasteiger partial charge in [-0.05, 0) is 6.42 Å². The molecule has 1 aliphatic heterocycles. The Hall–Kier alpha value is -1.41. The van der Waals surface area contributed by atoms with Gasteiger partial charge in [-0.15, -0.1) is 5.48 Å². The van der Waals surface area contributed by atoms with Gasteiger partial charge in [-0.3, -0.25) is 4.55 Å². The Morgan fingerprint density at radius 1 is 1.39 bits per heavy atom. The van der Waals surface area contributed by atoms with Gasteiger partial charge < -0.3 is 4.84 Å². The van der Waals surface area contributed by atoms with Crippen LogP contribution in [0.5, 0.6) is 0 Å². The molecule has 1 aliphatic rings. The molecule has 0 aromatic heterocycles. The van der Waals surface area contributed by atoms with Gasteiger partial charge in [0.1, 0.15) is 0 Å². The Kier molecular flexibility index (Phi) is 3.40. The molecular formula is C11H13NO5S. The van der Waals surface area contributed by atoms with Crippen LogP contribution >= 0.6 is 0 Å². The minimum atomic E-state index is -4.57. The largest absolute Gasteiger partial charge is 0.405 e.